The summed E-state index contributed by atoms with van der Waals surface area (Å²) in [6, 6.07) is 7.40. The SMILES string of the molecule is CCC(NC(=O)CSc1nnc(Cn2cncn2)o1)c1ccc(Cl)cc1. The lowest BCUT2D eigenvalue weighted by Gasteiger charge is -2.17. The van der Waals surface area contributed by atoms with Gasteiger partial charge in [0.05, 0.1) is 11.8 Å². The molecule has 0 radical (unpaired) electrons. The Morgan fingerprint density at radius 1 is 1.35 bits per heavy atom. The molecule has 0 spiro atoms. The number of rotatable bonds is 8. The van der Waals surface area contributed by atoms with Crippen LogP contribution in [0, 0.1) is 0 Å². The van der Waals surface area contributed by atoms with Crippen LogP contribution >= 0.6 is 23.4 Å². The lowest BCUT2D eigenvalue weighted by molar-refractivity contribution is -0.119. The van der Waals surface area contributed by atoms with Crippen molar-refractivity contribution in [2.75, 3.05) is 5.75 Å². The molecule has 8 nitrogen and oxygen atoms in total. The van der Waals surface area contributed by atoms with Gasteiger partial charge >= 0.3 is 0 Å². The molecule has 3 rings (SSSR count). The molecule has 1 aromatic carbocycles. The summed E-state index contributed by atoms with van der Waals surface area (Å²) in [6.45, 7) is 2.36. The van der Waals surface area contributed by atoms with Gasteiger partial charge in [-0.3, -0.25) is 4.79 Å². The van der Waals surface area contributed by atoms with Crippen LogP contribution in [0.4, 0.5) is 0 Å². The quantitative estimate of drug-likeness (QED) is 0.588. The van der Waals surface area contributed by atoms with E-state index in [2.05, 4.69) is 25.6 Å². The van der Waals surface area contributed by atoms with Gasteiger partial charge in [-0.05, 0) is 24.1 Å². The van der Waals surface area contributed by atoms with Gasteiger partial charge in [0.25, 0.3) is 5.22 Å². The van der Waals surface area contributed by atoms with Crippen LogP contribution in [0.5, 0.6) is 0 Å². The Hall–Kier alpha value is -2.39. The van der Waals surface area contributed by atoms with Crippen molar-refractivity contribution < 1.29 is 9.21 Å². The summed E-state index contributed by atoms with van der Waals surface area (Å²) in [6.07, 6.45) is 3.77. The van der Waals surface area contributed by atoms with Gasteiger partial charge in [0.1, 0.15) is 19.2 Å². The van der Waals surface area contributed by atoms with E-state index in [-0.39, 0.29) is 17.7 Å². The molecule has 10 heteroatoms. The summed E-state index contributed by atoms with van der Waals surface area (Å²) in [5.74, 6) is 0.494. The van der Waals surface area contributed by atoms with Crippen LogP contribution in [0.1, 0.15) is 30.8 Å². The molecule has 0 saturated carbocycles. The Morgan fingerprint density at radius 3 is 2.85 bits per heavy atom. The maximum atomic E-state index is 12.2. The van der Waals surface area contributed by atoms with Crippen LogP contribution in [0.2, 0.25) is 5.02 Å². The molecule has 0 bridgehead atoms. The molecular formula is C16H17ClN6O2S. The van der Waals surface area contributed by atoms with E-state index in [0.717, 1.165) is 12.0 Å². The predicted octanol–water partition coefficient (Wildman–Crippen LogP) is 2.72. The molecule has 2 aromatic heterocycles. The van der Waals surface area contributed by atoms with E-state index in [1.165, 1.54) is 18.1 Å². The maximum absolute atomic E-state index is 12.2. The largest absolute Gasteiger partial charge is 0.414 e. The molecular weight excluding hydrogens is 376 g/mol. The van der Waals surface area contributed by atoms with Crippen LogP contribution in [-0.2, 0) is 11.3 Å². The molecule has 2 heterocycles. The van der Waals surface area contributed by atoms with Crippen molar-refractivity contribution in [1.29, 1.82) is 0 Å². The Bertz CT molecular complexity index is 837. The average molecular weight is 393 g/mol. The van der Waals surface area contributed by atoms with Crippen molar-refractivity contribution in [3.63, 3.8) is 0 Å². The third-order valence-corrected chi connectivity index (χ3v) is 4.63. The molecule has 1 N–H and O–H groups in total. The normalized spacial score (nSPS) is 12.1. The lowest BCUT2D eigenvalue weighted by Crippen LogP contribution is -2.29. The number of nitrogens with one attached hydrogen (secondary N) is 1. The van der Waals surface area contributed by atoms with Crippen LogP contribution in [-0.4, -0.2) is 36.6 Å². The van der Waals surface area contributed by atoms with Gasteiger partial charge in [0, 0.05) is 5.02 Å². The van der Waals surface area contributed by atoms with Crippen LogP contribution in [0.15, 0.2) is 46.6 Å². The van der Waals surface area contributed by atoms with Gasteiger partial charge in [-0.2, -0.15) is 5.10 Å². The van der Waals surface area contributed by atoms with Gasteiger partial charge in [0.15, 0.2) is 0 Å². The summed E-state index contributed by atoms with van der Waals surface area (Å²) >= 11 is 7.10. The first kappa shape index (κ1) is 18.4. The van der Waals surface area contributed by atoms with Crippen LogP contribution in [0.25, 0.3) is 0 Å². The fourth-order valence-electron chi connectivity index (χ4n) is 2.29. The molecule has 0 fully saturated rings. The minimum atomic E-state index is -0.104. The minimum Gasteiger partial charge on any atom is -0.414 e. The van der Waals surface area contributed by atoms with Crippen LogP contribution in [0.3, 0.4) is 0 Å². The number of carbonyl (C=O) groups excluding carboxylic acids is 1. The number of halogens is 1. The van der Waals surface area contributed by atoms with Gasteiger partial charge < -0.3 is 9.73 Å². The zero-order valence-electron chi connectivity index (χ0n) is 14.0. The second-order valence-electron chi connectivity index (χ2n) is 5.42. The molecule has 0 saturated heterocycles. The van der Waals surface area contributed by atoms with Crippen molar-refractivity contribution >= 4 is 29.3 Å². The molecule has 0 aliphatic carbocycles. The highest BCUT2D eigenvalue weighted by atomic mass is 35.5. The number of nitrogens with zero attached hydrogens (tertiary/aromatic N) is 5. The second-order valence-corrected chi connectivity index (χ2v) is 6.79. The maximum Gasteiger partial charge on any atom is 0.277 e. The first-order valence-corrected chi connectivity index (χ1v) is 9.33. The summed E-state index contributed by atoms with van der Waals surface area (Å²) in [5.41, 5.74) is 1.02. The zero-order chi connectivity index (χ0) is 18.4. The monoisotopic (exact) mass is 392 g/mol. The molecule has 1 amide bonds. The van der Waals surface area contributed by atoms with Crippen molar-refractivity contribution in [1.82, 2.24) is 30.3 Å². The Balaban J connectivity index is 1.50. The first-order chi connectivity index (χ1) is 12.6. The fourth-order valence-corrected chi connectivity index (χ4v) is 3.01. The van der Waals surface area contributed by atoms with Crippen molar-refractivity contribution in [2.45, 2.75) is 31.2 Å². The highest BCUT2D eigenvalue weighted by Crippen LogP contribution is 2.20. The molecule has 26 heavy (non-hydrogen) atoms. The Kier molecular flexibility index (Phi) is 6.24. The fraction of sp³-hybridized carbons (Fsp3) is 0.312. The minimum absolute atomic E-state index is 0.0640. The van der Waals surface area contributed by atoms with E-state index in [1.54, 1.807) is 11.0 Å². The third-order valence-electron chi connectivity index (χ3n) is 3.55. The summed E-state index contributed by atoms with van der Waals surface area (Å²) in [7, 11) is 0. The highest BCUT2D eigenvalue weighted by Gasteiger charge is 2.15. The zero-order valence-corrected chi connectivity index (χ0v) is 15.6. The number of aromatic nitrogens is 5. The standard InChI is InChI=1S/C16H17ClN6O2S/c1-2-13(11-3-5-12(17)6-4-11)20-14(24)8-26-16-22-21-15(25-16)7-23-10-18-9-19-23/h3-6,9-10,13H,2,7-8H2,1H3,(H,20,24). The molecule has 0 aliphatic rings. The molecule has 1 atom stereocenters. The summed E-state index contributed by atoms with van der Waals surface area (Å²) < 4.78 is 7.07. The Morgan fingerprint density at radius 2 is 2.15 bits per heavy atom. The Labute approximate surface area is 159 Å². The number of thioether (sulfide) groups is 1. The number of benzene rings is 1. The summed E-state index contributed by atoms with van der Waals surface area (Å²) in [4.78, 5) is 16.1. The predicted molar refractivity (Wildman–Crippen MR) is 96.8 cm³/mol. The molecule has 3 aromatic rings. The van der Waals surface area contributed by atoms with E-state index in [1.807, 2.05) is 31.2 Å². The van der Waals surface area contributed by atoms with E-state index in [4.69, 9.17) is 16.0 Å². The van der Waals surface area contributed by atoms with E-state index in [9.17, 15) is 4.79 Å². The van der Waals surface area contributed by atoms with Crippen molar-refractivity contribution in [3.05, 3.63) is 53.4 Å². The average Bonchev–Trinajstić information content (AvgIpc) is 3.31. The number of hydrogen-bond acceptors (Lipinski definition) is 7. The molecule has 1 unspecified atom stereocenters. The van der Waals surface area contributed by atoms with E-state index in [0.29, 0.717) is 22.7 Å². The molecule has 136 valence electrons. The lowest BCUT2D eigenvalue weighted by atomic mass is 10.0. The van der Waals surface area contributed by atoms with Crippen molar-refractivity contribution in [3.8, 4) is 0 Å². The van der Waals surface area contributed by atoms with Gasteiger partial charge in [0.2, 0.25) is 11.8 Å². The number of hydrogen-bond donors (Lipinski definition) is 1. The highest BCUT2D eigenvalue weighted by molar-refractivity contribution is 7.99. The first-order valence-electron chi connectivity index (χ1n) is 7.96. The third kappa shape index (κ3) is 5.06. The van der Waals surface area contributed by atoms with E-state index < -0.39 is 0 Å². The van der Waals surface area contributed by atoms with Gasteiger partial charge in [-0.1, -0.05) is 42.4 Å². The van der Waals surface area contributed by atoms with Crippen molar-refractivity contribution in [2.24, 2.45) is 0 Å². The van der Waals surface area contributed by atoms with Crippen LogP contribution < -0.4 is 5.32 Å². The second kappa shape index (κ2) is 8.81. The van der Waals surface area contributed by atoms with E-state index >= 15 is 0 Å². The number of carbonyl (C=O) groups is 1. The molecule has 0 aliphatic heterocycles. The topological polar surface area (TPSA) is 98.7 Å². The smallest absolute Gasteiger partial charge is 0.277 e. The number of amides is 1. The van der Waals surface area contributed by atoms with Gasteiger partial charge in [-0.15, -0.1) is 10.2 Å². The summed E-state index contributed by atoms with van der Waals surface area (Å²) in [5, 5.41) is 15.8. The van der Waals surface area contributed by atoms with Gasteiger partial charge in [-0.25, -0.2) is 9.67 Å².